The number of aromatic nitrogens is 3. The molecule has 2 aromatic carbocycles. The molecule has 0 amide bonds. The van der Waals surface area contributed by atoms with Gasteiger partial charge < -0.3 is 9.64 Å². The molecule has 3 aromatic rings. The van der Waals surface area contributed by atoms with E-state index >= 15 is 0 Å². The van der Waals surface area contributed by atoms with Crippen molar-refractivity contribution in [3.63, 3.8) is 0 Å². The molecule has 5 nitrogen and oxygen atoms in total. The quantitative estimate of drug-likeness (QED) is 0.310. The molecular weight excluding hydrogens is 451 g/mol. The summed E-state index contributed by atoms with van der Waals surface area (Å²) >= 11 is 6.64. The molecule has 0 aliphatic heterocycles. The van der Waals surface area contributed by atoms with E-state index in [0.717, 1.165) is 47.8 Å². The molecule has 0 radical (unpaired) electrons. The van der Waals surface area contributed by atoms with Crippen LogP contribution in [0, 0.1) is 25.6 Å². The lowest BCUT2D eigenvalue weighted by Gasteiger charge is -2.31. The first-order chi connectivity index (χ1) is 16.4. The first kappa shape index (κ1) is 24.5. The normalized spacial score (nSPS) is 14.3. The Balaban J connectivity index is 1.78. The zero-order chi connectivity index (χ0) is 24.4. The molecule has 1 aromatic heterocycles. The third kappa shape index (κ3) is 5.07. The second-order valence-electron chi connectivity index (χ2n) is 9.26. The van der Waals surface area contributed by atoms with Crippen molar-refractivity contribution in [1.82, 2.24) is 14.8 Å². The van der Waals surface area contributed by atoms with E-state index in [2.05, 4.69) is 24.8 Å². The summed E-state index contributed by atoms with van der Waals surface area (Å²) in [6, 6.07) is 9.44. The smallest absolute Gasteiger partial charge is 0.245 e. The molecular formula is C27H34ClFN4O. The van der Waals surface area contributed by atoms with Crippen molar-refractivity contribution in [2.24, 2.45) is 5.92 Å². The summed E-state index contributed by atoms with van der Waals surface area (Å²) in [5.41, 5.74) is 3.41. The van der Waals surface area contributed by atoms with Gasteiger partial charge in [-0.3, -0.25) is 0 Å². The van der Waals surface area contributed by atoms with Gasteiger partial charge in [-0.15, -0.1) is 5.10 Å². The molecule has 34 heavy (non-hydrogen) atoms. The van der Waals surface area contributed by atoms with Gasteiger partial charge in [0.2, 0.25) is 5.95 Å². The number of halogens is 2. The lowest BCUT2D eigenvalue weighted by atomic mass is 9.98. The fourth-order valence-electron chi connectivity index (χ4n) is 4.47. The van der Waals surface area contributed by atoms with Gasteiger partial charge in [0.1, 0.15) is 17.4 Å². The maximum atomic E-state index is 14.6. The molecule has 1 fully saturated rings. The highest BCUT2D eigenvalue weighted by molar-refractivity contribution is 6.32. The average molecular weight is 485 g/mol. The Morgan fingerprint density at radius 2 is 1.94 bits per heavy atom. The Morgan fingerprint density at radius 1 is 1.18 bits per heavy atom. The van der Waals surface area contributed by atoms with Crippen LogP contribution in [0.5, 0.6) is 5.75 Å². The summed E-state index contributed by atoms with van der Waals surface area (Å²) in [6.07, 6.45) is 5.08. The van der Waals surface area contributed by atoms with Gasteiger partial charge in [-0.2, -0.15) is 4.98 Å². The van der Waals surface area contributed by atoms with E-state index in [4.69, 9.17) is 26.4 Å². The first-order valence-electron chi connectivity index (χ1n) is 12.2. The number of anilines is 1. The second-order valence-corrected chi connectivity index (χ2v) is 9.67. The van der Waals surface area contributed by atoms with Gasteiger partial charge in [-0.25, -0.2) is 9.07 Å². The SMILES string of the molecule is CCCN(c1nc(CC)n(-c2cc(C)c(OC)cc2Cl)n1)[C@@H](CC1CC1)c1ccc(C)c(F)c1. The molecule has 1 aliphatic rings. The minimum absolute atomic E-state index is 0.0242. The molecule has 7 heteroatoms. The topological polar surface area (TPSA) is 43.2 Å². The molecule has 0 unspecified atom stereocenters. The third-order valence-corrected chi connectivity index (χ3v) is 6.91. The van der Waals surface area contributed by atoms with Gasteiger partial charge in [-0.05, 0) is 61.4 Å². The molecule has 0 spiro atoms. The summed E-state index contributed by atoms with van der Waals surface area (Å²) in [5, 5.41) is 5.52. The van der Waals surface area contributed by atoms with Crippen molar-refractivity contribution in [1.29, 1.82) is 0 Å². The monoisotopic (exact) mass is 484 g/mol. The number of rotatable bonds is 10. The van der Waals surface area contributed by atoms with E-state index in [1.807, 2.05) is 29.8 Å². The third-order valence-electron chi connectivity index (χ3n) is 6.60. The zero-order valence-electron chi connectivity index (χ0n) is 20.7. The lowest BCUT2D eigenvalue weighted by molar-refractivity contribution is 0.411. The number of methoxy groups -OCH3 is 1. The fraction of sp³-hybridized carbons (Fsp3) is 0.481. The molecule has 0 saturated heterocycles. The lowest BCUT2D eigenvalue weighted by Crippen LogP contribution is -2.31. The van der Waals surface area contributed by atoms with Gasteiger partial charge in [0, 0.05) is 19.0 Å². The summed E-state index contributed by atoms with van der Waals surface area (Å²) in [6.45, 7) is 8.79. The van der Waals surface area contributed by atoms with Crippen molar-refractivity contribution in [3.8, 4) is 11.4 Å². The van der Waals surface area contributed by atoms with Crippen LogP contribution in [0.25, 0.3) is 5.69 Å². The Labute approximate surface area is 206 Å². The van der Waals surface area contributed by atoms with Gasteiger partial charge in [0.15, 0.2) is 0 Å². The van der Waals surface area contributed by atoms with E-state index in [-0.39, 0.29) is 11.9 Å². The molecule has 1 heterocycles. The van der Waals surface area contributed by atoms with Crippen LogP contribution in [0.2, 0.25) is 5.02 Å². The molecule has 4 rings (SSSR count). The Morgan fingerprint density at radius 3 is 2.56 bits per heavy atom. The molecule has 1 aliphatic carbocycles. The average Bonchev–Trinajstić information content (AvgIpc) is 3.55. The fourth-order valence-corrected chi connectivity index (χ4v) is 4.70. The molecule has 0 N–H and O–H groups in total. The predicted molar refractivity (Wildman–Crippen MR) is 136 cm³/mol. The van der Waals surface area contributed by atoms with Crippen LogP contribution < -0.4 is 9.64 Å². The second kappa shape index (κ2) is 10.3. The number of benzene rings is 2. The summed E-state index contributed by atoms with van der Waals surface area (Å²) in [4.78, 5) is 7.20. The van der Waals surface area contributed by atoms with Crippen LogP contribution in [-0.2, 0) is 6.42 Å². The maximum absolute atomic E-state index is 14.6. The standard InChI is InChI=1S/C27H34ClFN4O/c1-6-12-32(23(14-19-9-10-19)20-11-8-17(3)22(29)15-20)27-30-26(7-2)33(31-27)24-13-18(4)25(34-5)16-21(24)28/h8,11,13,15-16,19,23H,6-7,9-10,12,14H2,1-5H3/t23-/m0/s1. The van der Waals surface area contributed by atoms with Crippen molar-refractivity contribution < 1.29 is 9.13 Å². The van der Waals surface area contributed by atoms with E-state index in [0.29, 0.717) is 28.9 Å². The summed E-state index contributed by atoms with van der Waals surface area (Å²) in [5.74, 6) is 2.74. The minimum Gasteiger partial charge on any atom is -0.496 e. The highest BCUT2D eigenvalue weighted by atomic mass is 35.5. The first-order valence-corrected chi connectivity index (χ1v) is 12.6. The molecule has 0 bridgehead atoms. The largest absolute Gasteiger partial charge is 0.496 e. The summed E-state index contributed by atoms with van der Waals surface area (Å²) < 4.78 is 21.8. The Hall–Kier alpha value is -2.60. The zero-order valence-corrected chi connectivity index (χ0v) is 21.5. The van der Waals surface area contributed by atoms with Gasteiger partial charge in [0.05, 0.1) is 23.9 Å². The van der Waals surface area contributed by atoms with Crippen molar-refractivity contribution >= 4 is 17.5 Å². The van der Waals surface area contributed by atoms with Gasteiger partial charge >= 0.3 is 0 Å². The van der Waals surface area contributed by atoms with E-state index in [9.17, 15) is 4.39 Å². The van der Waals surface area contributed by atoms with Crippen LogP contribution in [0.1, 0.15) is 68.1 Å². The Kier molecular flexibility index (Phi) is 7.46. The van der Waals surface area contributed by atoms with Crippen LogP contribution in [0.3, 0.4) is 0 Å². The van der Waals surface area contributed by atoms with E-state index in [1.165, 1.54) is 12.8 Å². The molecule has 1 atom stereocenters. The predicted octanol–water partition coefficient (Wildman–Crippen LogP) is 7.01. The number of hydrogen-bond acceptors (Lipinski definition) is 4. The van der Waals surface area contributed by atoms with Crippen molar-refractivity contribution in [3.05, 3.63) is 63.7 Å². The van der Waals surface area contributed by atoms with Gasteiger partial charge in [-0.1, -0.05) is 50.4 Å². The van der Waals surface area contributed by atoms with E-state index < -0.39 is 0 Å². The minimum atomic E-state index is -0.164. The molecule has 1 saturated carbocycles. The number of aryl methyl sites for hydroxylation is 3. The van der Waals surface area contributed by atoms with Crippen molar-refractivity contribution in [2.45, 2.75) is 65.8 Å². The summed E-state index contributed by atoms with van der Waals surface area (Å²) in [7, 11) is 1.64. The van der Waals surface area contributed by atoms with Crippen LogP contribution in [0.4, 0.5) is 10.3 Å². The highest BCUT2D eigenvalue weighted by Crippen LogP contribution is 2.41. The number of ether oxygens (including phenoxy) is 1. The molecule has 182 valence electrons. The highest BCUT2D eigenvalue weighted by Gasteiger charge is 2.32. The van der Waals surface area contributed by atoms with E-state index in [1.54, 1.807) is 20.1 Å². The van der Waals surface area contributed by atoms with Crippen LogP contribution in [0.15, 0.2) is 30.3 Å². The number of hydrogen-bond donors (Lipinski definition) is 0. The van der Waals surface area contributed by atoms with Crippen molar-refractivity contribution in [2.75, 3.05) is 18.6 Å². The van der Waals surface area contributed by atoms with Gasteiger partial charge in [0.25, 0.3) is 0 Å². The Bertz CT molecular complexity index is 1160. The maximum Gasteiger partial charge on any atom is 0.245 e. The van der Waals surface area contributed by atoms with Crippen LogP contribution in [-0.4, -0.2) is 28.4 Å². The number of nitrogens with zero attached hydrogens (tertiary/aromatic N) is 4. The van der Waals surface area contributed by atoms with Crippen LogP contribution >= 0.6 is 11.6 Å².